The van der Waals surface area contributed by atoms with Gasteiger partial charge in [0, 0.05) is 23.8 Å². The van der Waals surface area contributed by atoms with E-state index < -0.39 is 0 Å². The zero-order valence-electron chi connectivity index (χ0n) is 11.2. The van der Waals surface area contributed by atoms with Crippen molar-refractivity contribution in [3.8, 4) is 0 Å². The minimum absolute atomic E-state index is 0.208. The van der Waals surface area contributed by atoms with Crippen LogP contribution >= 0.6 is 0 Å². The fourth-order valence-corrected chi connectivity index (χ4v) is 2.33. The largest absolute Gasteiger partial charge is 0.381 e. The molecule has 0 spiro atoms. The monoisotopic (exact) mass is 266 g/mol. The smallest absolute Gasteiger partial charge is 0.123 e. The highest BCUT2D eigenvalue weighted by atomic mass is 19.1. The number of pyridine rings is 1. The van der Waals surface area contributed by atoms with Crippen molar-refractivity contribution < 1.29 is 4.39 Å². The van der Waals surface area contributed by atoms with Gasteiger partial charge < -0.3 is 5.32 Å². The van der Waals surface area contributed by atoms with Crippen LogP contribution < -0.4 is 5.32 Å². The Morgan fingerprint density at radius 1 is 1.10 bits per heavy atom. The Hall–Kier alpha value is -2.42. The second kappa shape index (κ2) is 5.29. The van der Waals surface area contributed by atoms with Gasteiger partial charge in [-0.05, 0) is 42.3 Å². The quantitative estimate of drug-likeness (QED) is 0.764. The summed E-state index contributed by atoms with van der Waals surface area (Å²) in [6.45, 7) is 2.56. The number of nitrogens with zero attached hydrogens (tertiary/aromatic N) is 1. The van der Waals surface area contributed by atoms with Crippen molar-refractivity contribution in [3.05, 3.63) is 71.7 Å². The van der Waals surface area contributed by atoms with Gasteiger partial charge in [0.05, 0.1) is 5.52 Å². The maximum atomic E-state index is 13.1. The van der Waals surface area contributed by atoms with E-state index in [1.54, 1.807) is 12.3 Å². The highest BCUT2D eigenvalue weighted by Crippen LogP contribution is 2.20. The molecular formula is C17H15FN2. The average molecular weight is 266 g/mol. The molecule has 0 amide bonds. The summed E-state index contributed by atoms with van der Waals surface area (Å²) in [4.78, 5) is 4.43. The molecule has 3 heteroatoms. The lowest BCUT2D eigenvalue weighted by Crippen LogP contribution is -2.02. The summed E-state index contributed by atoms with van der Waals surface area (Å²) in [5.74, 6) is -0.208. The van der Waals surface area contributed by atoms with Crippen LogP contribution in [0, 0.1) is 12.7 Å². The summed E-state index contributed by atoms with van der Waals surface area (Å²) < 4.78 is 13.1. The first-order valence-electron chi connectivity index (χ1n) is 6.57. The predicted octanol–water partition coefficient (Wildman–Crippen LogP) is 4.29. The van der Waals surface area contributed by atoms with Crippen molar-refractivity contribution in [3.63, 3.8) is 0 Å². The lowest BCUT2D eigenvalue weighted by atomic mass is 10.1. The molecule has 2 aromatic carbocycles. The van der Waals surface area contributed by atoms with Crippen LogP contribution in [0.2, 0.25) is 0 Å². The highest BCUT2D eigenvalue weighted by Gasteiger charge is 2.03. The molecule has 1 heterocycles. The first-order chi connectivity index (χ1) is 9.74. The standard InChI is InChI=1S/C17H15FN2/c1-12-10-15(18)7-8-16(12)20-11-14-5-2-4-13-6-3-9-19-17(13)14/h2-10,20H,11H2,1H3. The van der Waals surface area contributed by atoms with E-state index in [0.717, 1.165) is 27.7 Å². The van der Waals surface area contributed by atoms with Gasteiger partial charge in [0.25, 0.3) is 0 Å². The normalized spacial score (nSPS) is 10.7. The minimum Gasteiger partial charge on any atom is -0.381 e. The Morgan fingerprint density at radius 3 is 2.80 bits per heavy atom. The fourth-order valence-electron chi connectivity index (χ4n) is 2.33. The van der Waals surface area contributed by atoms with Gasteiger partial charge in [0.2, 0.25) is 0 Å². The molecule has 0 saturated heterocycles. The Kier molecular flexibility index (Phi) is 3.33. The van der Waals surface area contributed by atoms with Gasteiger partial charge >= 0.3 is 0 Å². The van der Waals surface area contributed by atoms with Crippen molar-refractivity contribution in [1.29, 1.82) is 0 Å². The number of nitrogens with one attached hydrogen (secondary N) is 1. The number of rotatable bonds is 3. The van der Waals surface area contributed by atoms with E-state index in [2.05, 4.69) is 28.5 Å². The molecule has 2 nitrogen and oxygen atoms in total. The summed E-state index contributed by atoms with van der Waals surface area (Å²) in [7, 11) is 0. The van der Waals surface area contributed by atoms with Crippen molar-refractivity contribution in [2.24, 2.45) is 0 Å². The molecule has 3 rings (SSSR count). The summed E-state index contributed by atoms with van der Waals surface area (Å²) in [6, 6.07) is 14.9. The van der Waals surface area contributed by atoms with E-state index in [1.807, 2.05) is 19.1 Å². The number of anilines is 1. The number of fused-ring (bicyclic) bond motifs is 1. The predicted molar refractivity (Wildman–Crippen MR) is 80.2 cm³/mol. The maximum Gasteiger partial charge on any atom is 0.123 e. The number of hydrogen-bond acceptors (Lipinski definition) is 2. The summed E-state index contributed by atoms with van der Waals surface area (Å²) in [5, 5.41) is 4.47. The molecule has 0 unspecified atom stereocenters. The molecular weight excluding hydrogens is 251 g/mol. The average Bonchev–Trinajstić information content (AvgIpc) is 2.46. The summed E-state index contributed by atoms with van der Waals surface area (Å²) >= 11 is 0. The molecule has 0 aliphatic heterocycles. The molecule has 1 N–H and O–H groups in total. The van der Waals surface area contributed by atoms with Gasteiger partial charge in [-0.15, -0.1) is 0 Å². The maximum absolute atomic E-state index is 13.1. The van der Waals surface area contributed by atoms with E-state index in [0.29, 0.717) is 6.54 Å². The first-order valence-corrected chi connectivity index (χ1v) is 6.57. The fraction of sp³-hybridized carbons (Fsp3) is 0.118. The molecule has 0 aliphatic carbocycles. The Morgan fingerprint density at radius 2 is 1.95 bits per heavy atom. The molecule has 3 aromatic rings. The number of hydrogen-bond donors (Lipinski definition) is 1. The molecule has 0 fully saturated rings. The second-order valence-corrected chi connectivity index (χ2v) is 4.81. The molecule has 0 bridgehead atoms. The minimum atomic E-state index is -0.208. The van der Waals surface area contributed by atoms with Crippen molar-refractivity contribution in [1.82, 2.24) is 4.98 Å². The molecule has 20 heavy (non-hydrogen) atoms. The van der Waals surface area contributed by atoms with Crippen LogP contribution in [0.25, 0.3) is 10.9 Å². The second-order valence-electron chi connectivity index (χ2n) is 4.81. The van der Waals surface area contributed by atoms with Crippen LogP contribution in [-0.2, 0) is 6.54 Å². The van der Waals surface area contributed by atoms with E-state index in [4.69, 9.17) is 0 Å². The van der Waals surface area contributed by atoms with Crippen LogP contribution in [-0.4, -0.2) is 4.98 Å². The molecule has 0 atom stereocenters. The number of benzene rings is 2. The lowest BCUT2D eigenvalue weighted by molar-refractivity contribution is 0.627. The molecule has 0 radical (unpaired) electrons. The molecule has 1 aromatic heterocycles. The van der Waals surface area contributed by atoms with Gasteiger partial charge in [-0.1, -0.05) is 24.3 Å². The van der Waals surface area contributed by atoms with Crippen molar-refractivity contribution in [2.75, 3.05) is 5.32 Å². The van der Waals surface area contributed by atoms with Crippen LogP contribution in [0.5, 0.6) is 0 Å². The Balaban J connectivity index is 1.87. The van der Waals surface area contributed by atoms with Gasteiger partial charge in [0.15, 0.2) is 0 Å². The molecule has 0 aliphatic rings. The van der Waals surface area contributed by atoms with E-state index in [-0.39, 0.29) is 5.82 Å². The SMILES string of the molecule is Cc1cc(F)ccc1NCc1cccc2cccnc12. The van der Waals surface area contributed by atoms with Crippen LogP contribution in [0.15, 0.2) is 54.7 Å². The van der Waals surface area contributed by atoms with E-state index in [1.165, 1.54) is 12.1 Å². The number of aryl methyl sites for hydroxylation is 1. The molecule has 0 saturated carbocycles. The number of aromatic nitrogens is 1. The van der Waals surface area contributed by atoms with Crippen molar-refractivity contribution in [2.45, 2.75) is 13.5 Å². The first kappa shape index (κ1) is 12.6. The third kappa shape index (κ3) is 2.48. The zero-order chi connectivity index (χ0) is 13.9. The van der Waals surface area contributed by atoms with Gasteiger partial charge in [-0.2, -0.15) is 0 Å². The number of halogens is 1. The van der Waals surface area contributed by atoms with E-state index >= 15 is 0 Å². The summed E-state index contributed by atoms with van der Waals surface area (Å²) in [5.41, 5.74) is 3.98. The van der Waals surface area contributed by atoms with Gasteiger partial charge in [-0.3, -0.25) is 4.98 Å². The van der Waals surface area contributed by atoms with Crippen LogP contribution in [0.4, 0.5) is 10.1 Å². The summed E-state index contributed by atoms with van der Waals surface area (Å²) in [6.07, 6.45) is 1.80. The van der Waals surface area contributed by atoms with Gasteiger partial charge in [-0.25, -0.2) is 4.39 Å². The van der Waals surface area contributed by atoms with Crippen LogP contribution in [0.1, 0.15) is 11.1 Å². The number of para-hydroxylation sites is 1. The van der Waals surface area contributed by atoms with E-state index in [9.17, 15) is 4.39 Å². The van der Waals surface area contributed by atoms with Gasteiger partial charge in [0.1, 0.15) is 5.82 Å². The Labute approximate surface area is 117 Å². The highest BCUT2D eigenvalue weighted by molar-refractivity contribution is 5.81. The zero-order valence-corrected chi connectivity index (χ0v) is 11.2. The topological polar surface area (TPSA) is 24.9 Å². The third-order valence-electron chi connectivity index (χ3n) is 3.37. The molecule has 100 valence electrons. The Bertz CT molecular complexity index is 748. The lowest BCUT2D eigenvalue weighted by Gasteiger charge is -2.11. The van der Waals surface area contributed by atoms with Crippen molar-refractivity contribution >= 4 is 16.6 Å². The van der Waals surface area contributed by atoms with Crippen LogP contribution in [0.3, 0.4) is 0 Å². The third-order valence-corrected chi connectivity index (χ3v) is 3.37.